The molecule has 0 radical (unpaired) electrons. The first kappa shape index (κ1) is 21.4. The highest BCUT2D eigenvalue weighted by Gasteiger charge is 2.28. The number of hydrogen-bond donors (Lipinski definition) is 1. The Labute approximate surface area is 193 Å². The molecule has 2 fully saturated rings. The van der Waals surface area contributed by atoms with E-state index in [-0.39, 0.29) is 11.3 Å². The summed E-state index contributed by atoms with van der Waals surface area (Å²) < 4.78 is 0. The first-order valence-electron chi connectivity index (χ1n) is 11.9. The van der Waals surface area contributed by atoms with Gasteiger partial charge in [-0.3, -0.25) is 14.4 Å². The average molecular weight is 444 g/mol. The minimum absolute atomic E-state index is 0.0693. The highest BCUT2D eigenvalue weighted by Crippen LogP contribution is 2.28. The van der Waals surface area contributed by atoms with Crippen LogP contribution in [-0.2, 0) is 6.54 Å². The van der Waals surface area contributed by atoms with Crippen molar-refractivity contribution >= 4 is 17.3 Å². The van der Waals surface area contributed by atoms with Gasteiger partial charge < -0.3 is 15.1 Å². The maximum atomic E-state index is 13.0. The molecule has 3 aromatic carbocycles. The van der Waals surface area contributed by atoms with Crippen LogP contribution >= 0.6 is 0 Å². The van der Waals surface area contributed by atoms with Crippen LogP contribution in [0.5, 0.6) is 0 Å². The van der Waals surface area contributed by atoms with Crippen LogP contribution in [0.25, 0.3) is 0 Å². The summed E-state index contributed by atoms with van der Waals surface area (Å²) >= 11 is 0. The van der Waals surface area contributed by atoms with E-state index in [0.717, 1.165) is 57.4 Å². The fraction of sp³-hybridized carbons (Fsp3) is 0.370. The number of benzene rings is 2. The highest BCUT2D eigenvalue weighted by molar-refractivity contribution is 5.94. The minimum Gasteiger partial charge on any atom is -0.376 e. The molecule has 0 aliphatic carbocycles. The number of piperidine rings is 1. The van der Waals surface area contributed by atoms with E-state index < -0.39 is 5.43 Å². The van der Waals surface area contributed by atoms with Gasteiger partial charge in [0.1, 0.15) is 11.4 Å². The number of anilines is 2. The fourth-order valence-corrected chi connectivity index (χ4v) is 5.07. The zero-order chi connectivity index (χ0) is 22.8. The first-order chi connectivity index (χ1) is 16.1. The number of amides is 1. The lowest BCUT2D eigenvalue weighted by Crippen LogP contribution is -2.41. The third kappa shape index (κ3) is 4.30. The first-order valence-corrected chi connectivity index (χ1v) is 11.9. The smallest absolute Gasteiger partial charge is 0.253 e. The summed E-state index contributed by atoms with van der Waals surface area (Å²) in [6.07, 6.45) is 4.08. The summed E-state index contributed by atoms with van der Waals surface area (Å²) in [5, 5.41) is 3.15. The molecule has 0 spiro atoms. The predicted octanol–water partition coefficient (Wildman–Crippen LogP) is 3.51. The molecular weight excluding hydrogens is 414 g/mol. The van der Waals surface area contributed by atoms with E-state index in [1.807, 2.05) is 40.1 Å². The molecule has 6 heteroatoms. The quantitative estimate of drug-likeness (QED) is 0.591. The molecule has 2 saturated heterocycles. The Morgan fingerprint density at radius 2 is 1.52 bits per heavy atom. The van der Waals surface area contributed by atoms with Crippen LogP contribution in [0.15, 0.2) is 64.2 Å². The van der Waals surface area contributed by atoms with Gasteiger partial charge in [-0.25, -0.2) is 0 Å². The molecule has 0 atom stereocenters. The van der Waals surface area contributed by atoms with E-state index in [9.17, 15) is 14.4 Å². The van der Waals surface area contributed by atoms with Gasteiger partial charge >= 0.3 is 0 Å². The Morgan fingerprint density at radius 1 is 0.848 bits per heavy atom. The Hall–Kier alpha value is -3.41. The molecule has 1 amide bonds. The molecule has 3 aromatic rings. The fourth-order valence-electron chi connectivity index (χ4n) is 5.07. The Balaban J connectivity index is 1.17. The lowest BCUT2D eigenvalue weighted by Gasteiger charge is -2.32. The Bertz CT molecular complexity index is 1180. The summed E-state index contributed by atoms with van der Waals surface area (Å²) in [6.45, 7) is 3.65. The van der Waals surface area contributed by atoms with E-state index in [2.05, 4.69) is 29.6 Å². The van der Waals surface area contributed by atoms with Gasteiger partial charge in [-0.05, 0) is 54.9 Å². The van der Waals surface area contributed by atoms with Crippen molar-refractivity contribution in [1.82, 2.24) is 4.90 Å². The molecule has 0 unspecified atom stereocenters. The predicted molar refractivity (Wildman–Crippen MR) is 131 cm³/mol. The molecule has 2 aliphatic heterocycles. The highest BCUT2D eigenvalue weighted by atomic mass is 16.2. The summed E-state index contributed by atoms with van der Waals surface area (Å²) in [7, 11) is 0. The topological polar surface area (TPSA) is 69.7 Å². The van der Waals surface area contributed by atoms with E-state index >= 15 is 0 Å². The number of hydrogen-bond acceptors (Lipinski definition) is 5. The van der Waals surface area contributed by atoms with Crippen molar-refractivity contribution in [2.75, 3.05) is 36.4 Å². The largest absolute Gasteiger partial charge is 0.376 e. The van der Waals surface area contributed by atoms with Crippen LogP contribution < -0.4 is 21.1 Å². The van der Waals surface area contributed by atoms with Gasteiger partial charge in [0.05, 0.1) is 0 Å². The molecule has 0 bridgehead atoms. The molecule has 6 nitrogen and oxygen atoms in total. The SMILES string of the molecule is O=C(c1ccc(CNc2c(N3CCCC3)c(=O)c2=O)cc1)N1CCC(c2ccccc2)CC1. The summed E-state index contributed by atoms with van der Waals surface area (Å²) in [4.78, 5) is 41.0. The van der Waals surface area contributed by atoms with Gasteiger partial charge in [0, 0.05) is 38.3 Å². The zero-order valence-electron chi connectivity index (χ0n) is 18.8. The van der Waals surface area contributed by atoms with Crippen LogP contribution in [0.3, 0.4) is 0 Å². The monoisotopic (exact) mass is 443 g/mol. The van der Waals surface area contributed by atoms with Gasteiger partial charge in [0.15, 0.2) is 0 Å². The molecular formula is C27H29N3O3. The Morgan fingerprint density at radius 3 is 2.18 bits per heavy atom. The molecule has 1 N–H and O–H groups in total. The van der Waals surface area contributed by atoms with E-state index in [1.165, 1.54) is 5.56 Å². The lowest BCUT2D eigenvalue weighted by molar-refractivity contribution is 0.0713. The van der Waals surface area contributed by atoms with Gasteiger partial charge in [-0.2, -0.15) is 0 Å². The molecule has 2 heterocycles. The second kappa shape index (κ2) is 9.22. The van der Waals surface area contributed by atoms with Crippen molar-refractivity contribution in [2.45, 2.75) is 38.1 Å². The molecule has 5 rings (SSSR count). The average Bonchev–Trinajstić information content (AvgIpc) is 3.40. The van der Waals surface area contributed by atoms with Gasteiger partial charge in [0.2, 0.25) is 0 Å². The summed E-state index contributed by atoms with van der Waals surface area (Å²) in [5.74, 6) is 0.587. The number of nitrogens with zero attached hydrogens (tertiary/aromatic N) is 2. The Kier molecular flexibility index (Phi) is 5.99. The van der Waals surface area contributed by atoms with Gasteiger partial charge in [-0.15, -0.1) is 0 Å². The molecule has 0 aromatic heterocycles. The van der Waals surface area contributed by atoms with E-state index in [1.54, 1.807) is 0 Å². The number of nitrogens with one attached hydrogen (secondary N) is 1. The maximum Gasteiger partial charge on any atom is 0.253 e. The minimum atomic E-state index is -0.428. The standard InChI is InChI=1S/C27H29N3O3/c31-25-23(24(26(25)32)29-14-4-5-15-29)28-18-19-8-10-22(11-9-19)27(33)30-16-12-21(13-17-30)20-6-2-1-3-7-20/h1-3,6-11,21,28H,4-5,12-18H2. The zero-order valence-corrected chi connectivity index (χ0v) is 18.8. The second-order valence-corrected chi connectivity index (χ2v) is 9.10. The number of likely N-dealkylation sites (tertiary alicyclic amines) is 1. The van der Waals surface area contributed by atoms with E-state index in [0.29, 0.717) is 29.4 Å². The third-order valence-corrected chi connectivity index (χ3v) is 7.03. The van der Waals surface area contributed by atoms with E-state index in [4.69, 9.17) is 0 Å². The normalized spacial score (nSPS) is 17.0. The van der Waals surface area contributed by atoms with Crippen molar-refractivity contribution in [1.29, 1.82) is 0 Å². The van der Waals surface area contributed by atoms with Gasteiger partial charge in [-0.1, -0.05) is 42.5 Å². The number of carbonyl (C=O) groups excluding carboxylic acids is 1. The van der Waals surface area contributed by atoms with Gasteiger partial charge in [0.25, 0.3) is 16.8 Å². The van der Waals surface area contributed by atoms with Crippen molar-refractivity contribution in [3.63, 3.8) is 0 Å². The second-order valence-electron chi connectivity index (χ2n) is 9.10. The molecule has 170 valence electrons. The molecule has 0 saturated carbocycles. The lowest BCUT2D eigenvalue weighted by atomic mass is 9.89. The maximum absolute atomic E-state index is 13.0. The van der Waals surface area contributed by atoms with Crippen molar-refractivity contribution in [3.8, 4) is 0 Å². The molecule has 2 aliphatic rings. The van der Waals surface area contributed by atoms with Crippen molar-refractivity contribution in [3.05, 3.63) is 91.7 Å². The van der Waals surface area contributed by atoms with Crippen LogP contribution in [-0.4, -0.2) is 37.0 Å². The van der Waals surface area contributed by atoms with Crippen LogP contribution in [0.4, 0.5) is 11.4 Å². The third-order valence-electron chi connectivity index (χ3n) is 7.03. The molecule has 33 heavy (non-hydrogen) atoms. The van der Waals surface area contributed by atoms with Crippen molar-refractivity contribution < 1.29 is 4.79 Å². The van der Waals surface area contributed by atoms with Crippen LogP contribution in [0.1, 0.15) is 53.1 Å². The number of carbonyl (C=O) groups is 1. The van der Waals surface area contributed by atoms with Crippen LogP contribution in [0.2, 0.25) is 0 Å². The number of rotatable bonds is 6. The summed E-state index contributed by atoms with van der Waals surface area (Å²) in [5.41, 5.74) is 3.18. The van der Waals surface area contributed by atoms with Crippen molar-refractivity contribution in [2.24, 2.45) is 0 Å². The summed E-state index contributed by atoms with van der Waals surface area (Å²) in [6, 6.07) is 18.1. The van der Waals surface area contributed by atoms with Crippen LogP contribution in [0, 0.1) is 0 Å².